The quantitative estimate of drug-likeness (QED) is 0.921. The second kappa shape index (κ2) is 6.33. The van der Waals surface area contributed by atoms with Crippen molar-refractivity contribution in [1.82, 2.24) is 25.1 Å². The molecule has 0 unspecified atom stereocenters. The van der Waals surface area contributed by atoms with Gasteiger partial charge < -0.3 is 5.32 Å². The summed E-state index contributed by atoms with van der Waals surface area (Å²) in [6, 6.07) is 0. The Hall–Kier alpha value is -1.46. The van der Waals surface area contributed by atoms with Crippen LogP contribution in [0.15, 0.2) is 12.4 Å². The van der Waals surface area contributed by atoms with E-state index in [0.29, 0.717) is 16.9 Å². The number of hydrogen-bond acceptors (Lipinski definition) is 4. The molecule has 6 heteroatoms. The third-order valence-corrected chi connectivity index (χ3v) is 3.35. The van der Waals surface area contributed by atoms with E-state index < -0.39 is 0 Å². The molecule has 0 amide bonds. The average molecular weight is 294 g/mol. The summed E-state index contributed by atoms with van der Waals surface area (Å²) in [6.45, 7) is 9.97. The van der Waals surface area contributed by atoms with Crippen molar-refractivity contribution in [2.45, 2.75) is 34.2 Å². The summed E-state index contributed by atoms with van der Waals surface area (Å²) in [4.78, 5) is 8.84. The molecule has 0 saturated heterocycles. The van der Waals surface area contributed by atoms with E-state index in [0.717, 1.165) is 30.0 Å². The summed E-state index contributed by atoms with van der Waals surface area (Å²) >= 11 is 6.00. The molecule has 20 heavy (non-hydrogen) atoms. The second-order valence-electron chi connectivity index (χ2n) is 5.31. The molecule has 2 aromatic heterocycles. The third kappa shape index (κ3) is 3.55. The van der Waals surface area contributed by atoms with Crippen molar-refractivity contribution in [3.63, 3.8) is 0 Å². The zero-order chi connectivity index (χ0) is 14.7. The van der Waals surface area contributed by atoms with E-state index in [1.54, 1.807) is 10.9 Å². The highest BCUT2D eigenvalue weighted by atomic mass is 35.5. The Morgan fingerprint density at radius 1 is 1.30 bits per heavy atom. The number of halogens is 1. The Morgan fingerprint density at radius 2 is 2.05 bits per heavy atom. The van der Waals surface area contributed by atoms with Crippen molar-refractivity contribution in [3.05, 3.63) is 34.4 Å². The van der Waals surface area contributed by atoms with E-state index in [2.05, 4.69) is 34.2 Å². The van der Waals surface area contributed by atoms with Crippen LogP contribution in [-0.4, -0.2) is 26.3 Å². The van der Waals surface area contributed by atoms with Crippen LogP contribution in [0, 0.1) is 19.8 Å². The highest BCUT2D eigenvalue weighted by molar-refractivity contribution is 6.31. The Morgan fingerprint density at radius 3 is 2.60 bits per heavy atom. The molecular weight excluding hydrogens is 274 g/mol. The van der Waals surface area contributed by atoms with Gasteiger partial charge >= 0.3 is 0 Å². The Labute approximate surface area is 124 Å². The van der Waals surface area contributed by atoms with Crippen molar-refractivity contribution in [3.8, 4) is 5.95 Å². The molecule has 1 N–H and O–H groups in total. The van der Waals surface area contributed by atoms with E-state index in [9.17, 15) is 0 Å². The van der Waals surface area contributed by atoms with Gasteiger partial charge in [-0.1, -0.05) is 25.4 Å². The monoisotopic (exact) mass is 293 g/mol. The van der Waals surface area contributed by atoms with Gasteiger partial charge in [0.25, 0.3) is 5.95 Å². The topological polar surface area (TPSA) is 55.6 Å². The summed E-state index contributed by atoms with van der Waals surface area (Å²) in [7, 11) is 0. The highest BCUT2D eigenvalue weighted by Crippen LogP contribution is 2.15. The van der Waals surface area contributed by atoms with E-state index in [-0.39, 0.29) is 0 Å². The molecule has 2 aromatic rings. The van der Waals surface area contributed by atoms with Crippen molar-refractivity contribution < 1.29 is 0 Å². The lowest BCUT2D eigenvalue weighted by molar-refractivity contribution is 0.550. The van der Waals surface area contributed by atoms with Crippen molar-refractivity contribution in [2.24, 2.45) is 5.92 Å². The Bertz CT molecular complexity index is 572. The second-order valence-corrected chi connectivity index (χ2v) is 5.72. The van der Waals surface area contributed by atoms with Gasteiger partial charge in [0, 0.05) is 24.0 Å². The first kappa shape index (κ1) is 14.9. The molecule has 0 aliphatic heterocycles. The van der Waals surface area contributed by atoms with Crippen LogP contribution >= 0.6 is 11.6 Å². The normalized spacial score (nSPS) is 11.3. The minimum Gasteiger partial charge on any atom is -0.312 e. The predicted molar refractivity (Wildman–Crippen MR) is 80.2 cm³/mol. The molecule has 0 atom stereocenters. The molecule has 108 valence electrons. The van der Waals surface area contributed by atoms with E-state index in [1.165, 1.54) is 0 Å². The van der Waals surface area contributed by atoms with Crippen molar-refractivity contribution in [1.29, 1.82) is 0 Å². The molecule has 5 nitrogen and oxygen atoms in total. The Kier molecular flexibility index (Phi) is 4.73. The predicted octanol–water partition coefficient (Wildman–Crippen LogP) is 2.68. The standard InChI is InChI=1S/C14H20ClN5/c1-9(2)5-16-6-12-7-17-14(18-10(12)3)20-8-13(15)11(4)19-20/h7-9,16H,5-6H2,1-4H3. The van der Waals surface area contributed by atoms with Gasteiger partial charge in [-0.3, -0.25) is 0 Å². The molecule has 0 fully saturated rings. The van der Waals surface area contributed by atoms with Gasteiger partial charge in [-0.2, -0.15) is 5.10 Å². The van der Waals surface area contributed by atoms with Crippen LogP contribution in [0.3, 0.4) is 0 Å². The summed E-state index contributed by atoms with van der Waals surface area (Å²) in [5.41, 5.74) is 2.83. The van der Waals surface area contributed by atoms with E-state index >= 15 is 0 Å². The minimum absolute atomic E-state index is 0.546. The van der Waals surface area contributed by atoms with Crippen LogP contribution in [0.1, 0.15) is 30.8 Å². The van der Waals surface area contributed by atoms with Crippen LogP contribution in [-0.2, 0) is 6.54 Å². The fourth-order valence-electron chi connectivity index (χ4n) is 1.80. The van der Waals surface area contributed by atoms with Gasteiger partial charge in [-0.25, -0.2) is 14.6 Å². The molecule has 0 aromatic carbocycles. The van der Waals surface area contributed by atoms with Crippen LogP contribution < -0.4 is 5.32 Å². The summed E-state index contributed by atoms with van der Waals surface area (Å²) < 4.78 is 1.61. The SMILES string of the molecule is Cc1nn(-c2ncc(CNCC(C)C)c(C)n2)cc1Cl. The van der Waals surface area contributed by atoms with Gasteiger partial charge in [-0.15, -0.1) is 0 Å². The fraction of sp³-hybridized carbons (Fsp3) is 0.500. The zero-order valence-electron chi connectivity index (χ0n) is 12.3. The van der Waals surface area contributed by atoms with Crippen LogP contribution in [0.2, 0.25) is 5.02 Å². The third-order valence-electron chi connectivity index (χ3n) is 2.98. The van der Waals surface area contributed by atoms with Crippen LogP contribution in [0.4, 0.5) is 0 Å². The number of aromatic nitrogens is 4. The summed E-state index contributed by atoms with van der Waals surface area (Å²) in [6.07, 6.45) is 3.57. The lowest BCUT2D eigenvalue weighted by Gasteiger charge is -2.09. The molecular formula is C14H20ClN5. The van der Waals surface area contributed by atoms with Crippen molar-refractivity contribution in [2.75, 3.05) is 6.54 Å². The van der Waals surface area contributed by atoms with Crippen LogP contribution in [0.25, 0.3) is 5.95 Å². The maximum atomic E-state index is 6.00. The average Bonchev–Trinajstić information content (AvgIpc) is 2.71. The lowest BCUT2D eigenvalue weighted by atomic mass is 10.2. The zero-order valence-corrected chi connectivity index (χ0v) is 13.1. The van der Waals surface area contributed by atoms with Gasteiger partial charge in [-0.05, 0) is 26.3 Å². The van der Waals surface area contributed by atoms with E-state index in [4.69, 9.17) is 11.6 Å². The fourth-order valence-corrected chi connectivity index (χ4v) is 1.93. The molecule has 2 heterocycles. The van der Waals surface area contributed by atoms with Gasteiger partial charge in [0.1, 0.15) is 0 Å². The number of nitrogens with zero attached hydrogens (tertiary/aromatic N) is 4. The molecule has 2 rings (SSSR count). The Balaban J connectivity index is 2.13. The van der Waals surface area contributed by atoms with Crippen LogP contribution in [0.5, 0.6) is 0 Å². The maximum absolute atomic E-state index is 6.00. The molecule has 0 spiro atoms. The number of aryl methyl sites for hydroxylation is 2. The maximum Gasteiger partial charge on any atom is 0.250 e. The molecule has 0 aliphatic carbocycles. The number of nitrogens with one attached hydrogen (secondary N) is 1. The largest absolute Gasteiger partial charge is 0.312 e. The van der Waals surface area contributed by atoms with Gasteiger partial charge in [0.2, 0.25) is 0 Å². The summed E-state index contributed by atoms with van der Waals surface area (Å²) in [5, 5.41) is 8.29. The number of rotatable bonds is 5. The first-order valence-corrected chi connectivity index (χ1v) is 7.10. The van der Waals surface area contributed by atoms with Crippen molar-refractivity contribution >= 4 is 11.6 Å². The highest BCUT2D eigenvalue weighted by Gasteiger charge is 2.08. The molecule has 0 aliphatic rings. The van der Waals surface area contributed by atoms with E-state index in [1.807, 2.05) is 20.0 Å². The molecule has 0 radical (unpaired) electrons. The van der Waals surface area contributed by atoms with Gasteiger partial charge in [0.05, 0.1) is 16.9 Å². The number of hydrogen-bond donors (Lipinski definition) is 1. The molecule has 0 bridgehead atoms. The summed E-state index contributed by atoms with van der Waals surface area (Å²) in [5.74, 6) is 1.18. The first-order valence-electron chi connectivity index (χ1n) is 6.72. The lowest BCUT2D eigenvalue weighted by Crippen LogP contribution is -2.20. The van der Waals surface area contributed by atoms with Gasteiger partial charge in [0.15, 0.2) is 0 Å². The minimum atomic E-state index is 0.546. The smallest absolute Gasteiger partial charge is 0.250 e. The molecule has 0 saturated carbocycles. The first-order chi connectivity index (χ1) is 9.47.